The highest BCUT2D eigenvalue weighted by Crippen LogP contribution is 2.50. The van der Waals surface area contributed by atoms with Crippen molar-refractivity contribution in [3.05, 3.63) is 52.8 Å². The molecule has 1 aromatic carbocycles. The number of nitrogens with zero attached hydrogens (tertiary/aromatic N) is 3. The molecular weight excluding hydrogens is 467 g/mol. The minimum absolute atomic E-state index is 0.146. The van der Waals surface area contributed by atoms with Crippen LogP contribution < -0.4 is 4.52 Å². The third kappa shape index (κ3) is 5.13. The molecule has 0 aliphatic heterocycles. The van der Waals surface area contributed by atoms with Crippen molar-refractivity contribution in [1.82, 2.24) is 15.2 Å². The maximum atomic E-state index is 12.5. The smallest absolute Gasteiger partial charge is 0.420 e. The summed E-state index contributed by atoms with van der Waals surface area (Å²) in [6.07, 6.45) is -0.244. The van der Waals surface area contributed by atoms with Gasteiger partial charge >= 0.3 is 13.8 Å². The van der Waals surface area contributed by atoms with Gasteiger partial charge in [0.05, 0.1) is 4.47 Å². The Morgan fingerprint density at radius 3 is 2.67 bits per heavy atom. The number of alkyl halides is 2. The molecule has 0 saturated carbocycles. The Kier molecular flexibility index (Phi) is 6.25. The van der Waals surface area contributed by atoms with Gasteiger partial charge in [0.1, 0.15) is 5.75 Å². The molecule has 2 aromatic heterocycles. The lowest BCUT2D eigenvalue weighted by molar-refractivity contribution is 0.188. The summed E-state index contributed by atoms with van der Waals surface area (Å²) in [5.74, 6) is 0.672. The SMILES string of the molecule is O=P(O)(Oc1ccc(CSc2nnc(-c3ccncc3)o2)cc1Br)C(F)F. The summed E-state index contributed by atoms with van der Waals surface area (Å²) in [5, 5.41) is 8.27. The van der Waals surface area contributed by atoms with Gasteiger partial charge in [-0.2, -0.15) is 8.78 Å². The molecule has 2 heterocycles. The molecule has 0 spiro atoms. The molecule has 0 fully saturated rings. The van der Waals surface area contributed by atoms with Crippen LogP contribution in [0.3, 0.4) is 0 Å². The molecule has 0 amide bonds. The maximum absolute atomic E-state index is 12.5. The number of hydrogen-bond acceptors (Lipinski definition) is 7. The molecule has 0 radical (unpaired) electrons. The van der Waals surface area contributed by atoms with Gasteiger partial charge in [0.25, 0.3) is 5.22 Å². The van der Waals surface area contributed by atoms with E-state index in [4.69, 9.17) is 9.31 Å². The normalized spacial score (nSPS) is 13.5. The molecule has 0 bridgehead atoms. The molecule has 1 N–H and O–H groups in total. The molecule has 3 rings (SSSR count). The van der Waals surface area contributed by atoms with E-state index < -0.39 is 13.8 Å². The van der Waals surface area contributed by atoms with E-state index in [2.05, 4.69) is 35.6 Å². The first-order valence-corrected chi connectivity index (χ1v) is 10.7. The molecule has 0 saturated heterocycles. The molecule has 7 nitrogen and oxygen atoms in total. The Morgan fingerprint density at radius 2 is 2.00 bits per heavy atom. The van der Waals surface area contributed by atoms with E-state index in [0.29, 0.717) is 16.9 Å². The summed E-state index contributed by atoms with van der Waals surface area (Å²) in [7, 11) is -5.02. The summed E-state index contributed by atoms with van der Waals surface area (Å²) in [6.45, 7) is 0. The van der Waals surface area contributed by atoms with Crippen molar-refractivity contribution < 1.29 is 27.2 Å². The number of benzene rings is 1. The van der Waals surface area contributed by atoms with Crippen molar-refractivity contribution >= 4 is 35.3 Å². The number of thioether (sulfide) groups is 1. The monoisotopic (exact) mass is 477 g/mol. The van der Waals surface area contributed by atoms with E-state index in [0.717, 1.165) is 11.1 Å². The summed E-state index contributed by atoms with van der Waals surface area (Å²) < 4.78 is 46.6. The van der Waals surface area contributed by atoms with Crippen LogP contribution in [0.5, 0.6) is 5.75 Å². The van der Waals surface area contributed by atoms with Gasteiger partial charge in [0.2, 0.25) is 5.89 Å². The van der Waals surface area contributed by atoms with Gasteiger partial charge in [0.15, 0.2) is 0 Å². The van der Waals surface area contributed by atoms with Crippen LogP contribution in [0.4, 0.5) is 8.78 Å². The first kappa shape index (κ1) is 19.9. The van der Waals surface area contributed by atoms with Crippen molar-refractivity contribution in [1.29, 1.82) is 0 Å². The Morgan fingerprint density at radius 1 is 1.26 bits per heavy atom. The van der Waals surface area contributed by atoms with Crippen LogP contribution in [0.15, 0.2) is 56.8 Å². The zero-order valence-electron chi connectivity index (χ0n) is 13.3. The number of rotatable bonds is 7. The van der Waals surface area contributed by atoms with Gasteiger partial charge in [-0.15, -0.1) is 10.2 Å². The highest BCUT2D eigenvalue weighted by Gasteiger charge is 2.34. The lowest BCUT2D eigenvalue weighted by Gasteiger charge is -2.14. The van der Waals surface area contributed by atoms with E-state index in [-0.39, 0.29) is 10.2 Å². The Labute approximate surface area is 164 Å². The van der Waals surface area contributed by atoms with E-state index in [1.54, 1.807) is 36.7 Å². The van der Waals surface area contributed by atoms with E-state index in [1.807, 2.05) is 0 Å². The number of hydrogen-bond donors (Lipinski definition) is 1. The van der Waals surface area contributed by atoms with Crippen molar-refractivity contribution in [2.75, 3.05) is 0 Å². The summed E-state index contributed by atoms with van der Waals surface area (Å²) >= 11 is 4.42. The van der Waals surface area contributed by atoms with Crippen LogP contribution in [-0.2, 0) is 10.3 Å². The average molecular weight is 478 g/mol. The van der Waals surface area contributed by atoms with Crippen molar-refractivity contribution in [2.24, 2.45) is 0 Å². The Bertz CT molecular complexity index is 977. The van der Waals surface area contributed by atoms with Crippen LogP contribution in [0, 0.1) is 0 Å². The lowest BCUT2D eigenvalue weighted by Crippen LogP contribution is -2.01. The fourth-order valence-electron chi connectivity index (χ4n) is 1.91. The standard InChI is InChI=1S/C15H11BrF2N3O4PS/c16-11-7-9(1-2-12(11)25-26(22,23)14(17)18)8-27-15-21-20-13(24-15)10-3-5-19-6-4-10/h1-7,14H,8H2,(H,22,23). The first-order valence-electron chi connectivity index (χ1n) is 7.30. The number of aromatic nitrogens is 3. The second-order valence-electron chi connectivity index (χ2n) is 5.10. The largest absolute Gasteiger partial charge is 0.442 e. The maximum Gasteiger partial charge on any atom is 0.442 e. The van der Waals surface area contributed by atoms with Gasteiger partial charge in [0, 0.05) is 23.7 Å². The minimum Gasteiger partial charge on any atom is -0.420 e. The van der Waals surface area contributed by atoms with Gasteiger partial charge in [-0.25, -0.2) is 4.57 Å². The molecule has 12 heteroatoms. The molecule has 1 atom stereocenters. The fourth-order valence-corrected chi connectivity index (χ4v) is 3.77. The highest BCUT2D eigenvalue weighted by atomic mass is 79.9. The van der Waals surface area contributed by atoms with E-state index in [9.17, 15) is 13.3 Å². The molecule has 3 aromatic rings. The lowest BCUT2D eigenvalue weighted by atomic mass is 10.2. The average Bonchev–Trinajstić information content (AvgIpc) is 3.11. The molecule has 0 aliphatic carbocycles. The quantitative estimate of drug-likeness (QED) is 0.376. The van der Waals surface area contributed by atoms with Crippen LogP contribution in [-0.4, -0.2) is 26.2 Å². The Hall–Kier alpha value is -1.81. The van der Waals surface area contributed by atoms with E-state index in [1.165, 1.54) is 17.8 Å². The predicted octanol–water partition coefficient (Wildman–Crippen LogP) is 4.97. The van der Waals surface area contributed by atoms with E-state index >= 15 is 0 Å². The van der Waals surface area contributed by atoms with Crippen LogP contribution >= 0.6 is 35.3 Å². The second kappa shape index (κ2) is 8.47. The molecule has 1 unspecified atom stereocenters. The van der Waals surface area contributed by atoms with Crippen LogP contribution in [0.2, 0.25) is 0 Å². The summed E-state index contributed by atoms with van der Waals surface area (Å²) in [5.41, 5.74) is 1.54. The first-order chi connectivity index (χ1) is 12.8. The highest BCUT2D eigenvalue weighted by molar-refractivity contribution is 9.10. The topological polar surface area (TPSA) is 98.3 Å². The fraction of sp³-hybridized carbons (Fsp3) is 0.133. The zero-order valence-corrected chi connectivity index (χ0v) is 16.6. The number of pyridine rings is 1. The van der Waals surface area contributed by atoms with Gasteiger partial charge in [-0.3, -0.25) is 4.98 Å². The summed E-state index contributed by atoms with van der Waals surface area (Å²) in [4.78, 5) is 13.0. The van der Waals surface area contributed by atoms with Crippen LogP contribution in [0.25, 0.3) is 11.5 Å². The molecule has 0 aliphatic rings. The minimum atomic E-state index is -5.02. The van der Waals surface area contributed by atoms with Crippen molar-refractivity contribution in [3.63, 3.8) is 0 Å². The predicted molar refractivity (Wildman–Crippen MR) is 97.7 cm³/mol. The van der Waals surface area contributed by atoms with Crippen molar-refractivity contribution in [3.8, 4) is 17.2 Å². The Balaban J connectivity index is 1.65. The summed E-state index contributed by atoms with van der Waals surface area (Å²) in [6, 6.07) is 8.00. The molecular formula is C15H11BrF2N3O4PS. The molecule has 142 valence electrons. The zero-order chi connectivity index (χ0) is 19.4. The molecule has 27 heavy (non-hydrogen) atoms. The van der Waals surface area contributed by atoms with Crippen LogP contribution in [0.1, 0.15) is 5.56 Å². The second-order valence-corrected chi connectivity index (χ2v) is 8.58. The van der Waals surface area contributed by atoms with Crippen molar-refractivity contribution in [2.45, 2.75) is 17.1 Å². The van der Waals surface area contributed by atoms with Gasteiger partial charge in [-0.1, -0.05) is 17.8 Å². The number of halogens is 3. The van der Waals surface area contributed by atoms with Gasteiger partial charge < -0.3 is 13.8 Å². The third-order valence-electron chi connectivity index (χ3n) is 3.17. The third-order valence-corrected chi connectivity index (χ3v) is 5.63. The van der Waals surface area contributed by atoms with Gasteiger partial charge in [-0.05, 0) is 45.8 Å².